The van der Waals surface area contributed by atoms with E-state index in [1.807, 2.05) is 0 Å². The van der Waals surface area contributed by atoms with Crippen molar-refractivity contribution in [3.8, 4) is 0 Å². The van der Waals surface area contributed by atoms with E-state index in [0.29, 0.717) is 12.6 Å². The lowest BCUT2D eigenvalue weighted by atomic mass is 10.1. The van der Waals surface area contributed by atoms with Gasteiger partial charge in [-0.25, -0.2) is 0 Å². The van der Waals surface area contributed by atoms with Crippen LogP contribution >= 0.6 is 12.4 Å². The van der Waals surface area contributed by atoms with E-state index in [9.17, 15) is 4.79 Å². The molecule has 0 unspecified atom stereocenters. The average Bonchev–Trinajstić information content (AvgIpc) is 2.42. The molecule has 15 heavy (non-hydrogen) atoms. The Bertz CT molecular complexity index is 179. The maximum Gasteiger partial charge on any atom is 0.304 e. The van der Waals surface area contributed by atoms with E-state index in [-0.39, 0.29) is 18.8 Å². The van der Waals surface area contributed by atoms with Crippen LogP contribution in [0.2, 0.25) is 0 Å². The first kappa shape index (κ1) is 14.7. The molecule has 0 aromatic heterocycles. The van der Waals surface area contributed by atoms with Gasteiger partial charge in [0.1, 0.15) is 0 Å². The van der Waals surface area contributed by atoms with Gasteiger partial charge in [0.15, 0.2) is 0 Å². The van der Waals surface area contributed by atoms with E-state index >= 15 is 0 Å². The smallest absolute Gasteiger partial charge is 0.304 e. The Morgan fingerprint density at radius 1 is 1.27 bits per heavy atom. The van der Waals surface area contributed by atoms with Gasteiger partial charge >= 0.3 is 5.97 Å². The lowest BCUT2D eigenvalue weighted by Gasteiger charge is -2.26. The van der Waals surface area contributed by atoms with Crippen molar-refractivity contribution in [2.24, 2.45) is 0 Å². The highest BCUT2D eigenvalue weighted by Crippen LogP contribution is 2.20. The normalized spacial score (nSPS) is 18.3. The fourth-order valence-electron chi connectivity index (χ4n) is 2.15. The molecule has 0 atom stereocenters. The molecule has 0 aromatic carbocycles. The topological polar surface area (TPSA) is 40.5 Å². The monoisotopic (exact) mass is 235 g/mol. The quantitative estimate of drug-likeness (QED) is 0.762. The molecular weight excluding hydrogens is 214 g/mol. The molecule has 1 aliphatic carbocycles. The molecule has 90 valence electrons. The van der Waals surface area contributed by atoms with Gasteiger partial charge in [0, 0.05) is 12.6 Å². The first-order valence-electron chi connectivity index (χ1n) is 5.62. The van der Waals surface area contributed by atoms with Crippen LogP contribution in [0.4, 0.5) is 0 Å². The lowest BCUT2D eigenvalue weighted by Crippen LogP contribution is -2.33. The Morgan fingerprint density at radius 2 is 1.80 bits per heavy atom. The summed E-state index contributed by atoms with van der Waals surface area (Å²) in [5.41, 5.74) is 0. The molecule has 1 N–H and O–H groups in total. The first-order chi connectivity index (χ1) is 6.70. The number of rotatable bonds is 4. The van der Waals surface area contributed by atoms with Crippen LogP contribution in [0.5, 0.6) is 0 Å². The molecule has 0 radical (unpaired) electrons. The minimum absolute atomic E-state index is 0. The van der Waals surface area contributed by atoms with Crippen LogP contribution in [0.25, 0.3) is 0 Å². The van der Waals surface area contributed by atoms with Gasteiger partial charge in [0.25, 0.3) is 0 Å². The molecule has 1 fully saturated rings. The predicted octanol–water partition coefficient (Wildman–Crippen LogP) is 2.54. The molecule has 1 rings (SSSR count). The number of carboxylic acid groups (broad SMARTS) is 1. The van der Waals surface area contributed by atoms with Crippen molar-refractivity contribution in [3.05, 3.63) is 0 Å². The largest absolute Gasteiger partial charge is 0.481 e. The molecule has 0 spiro atoms. The molecule has 1 aliphatic rings. The second kappa shape index (κ2) is 7.94. The van der Waals surface area contributed by atoms with Gasteiger partial charge < -0.3 is 10.0 Å². The molecule has 4 heteroatoms. The number of aliphatic carboxylic acids is 1. The number of carbonyl (C=O) groups is 1. The van der Waals surface area contributed by atoms with Gasteiger partial charge in [-0.15, -0.1) is 12.4 Å². The second-order valence-corrected chi connectivity index (χ2v) is 4.27. The summed E-state index contributed by atoms with van der Waals surface area (Å²) < 4.78 is 0. The van der Waals surface area contributed by atoms with Crippen LogP contribution < -0.4 is 0 Å². The number of hydrogen-bond acceptors (Lipinski definition) is 2. The summed E-state index contributed by atoms with van der Waals surface area (Å²) in [7, 11) is 2.05. The minimum Gasteiger partial charge on any atom is -0.481 e. The molecular formula is C11H22ClNO2. The molecule has 3 nitrogen and oxygen atoms in total. The zero-order valence-corrected chi connectivity index (χ0v) is 10.3. The van der Waals surface area contributed by atoms with Gasteiger partial charge in [-0.05, 0) is 19.9 Å². The lowest BCUT2D eigenvalue weighted by molar-refractivity contribution is -0.137. The van der Waals surface area contributed by atoms with Crippen LogP contribution in [0.3, 0.4) is 0 Å². The number of halogens is 1. The highest BCUT2D eigenvalue weighted by molar-refractivity contribution is 5.85. The second-order valence-electron chi connectivity index (χ2n) is 4.27. The standard InChI is InChI=1S/C11H21NO2.ClH/c1-12(9-8-11(13)14)10-6-4-2-3-5-7-10;/h10H,2-9H2,1H3,(H,13,14);1H. The van der Waals surface area contributed by atoms with Crippen molar-refractivity contribution in [1.29, 1.82) is 0 Å². The summed E-state index contributed by atoms with van der Waals surface area (Å²) in [6, 6.07) is 0.622. The fourth-order valence-corrected chi connectivity index (χ4v) is 2.15. The van der Waals surface area contributed by atoms with Gasteiger partial charge in [0.2, 0.25) is 0 Å². The summed E-state index contributed by atoms with van der Waals surface area (Å²) in [6.07, 6.45) is 8.08. The first-order valence-corrected chi connectivity index (χ1v) is 5.62. The molecule has 0 aliphatic heterocycles. The van der Waals surface area contributed by atoms with Crippen molar-refractivity contribution in [2.75, 3.05) is 13.6 Å². The summed E-state index contributed by atoms with van der Waals surface area (Å²) in [4.78, 5) is 12.6. The molecule has 0 bridgehead atoms. The zero-order valence-electron chi connectivity index (χ0n) is 9.45. The van der Waals surface area contributed by atoms with Gasteiger partial charge in [0.05, 0.1) is 6.42 Å². The molecule has 0 heterocycles. The average molecular weight is 236 g/mol. The van der Waals surface area contributed by atoms with E-state index in [4.69, 9.17) is 5.11 Å². The minimum atomic E-state index is -0.689. The van der Waals surface area contributed by atoms with Crippen LogP contribution in [-0.4, -0.2) is 35.6 Å². The maximum absolute atomic E-state index is 10.4. The summed E-state index contributed by atoms with van der Waals surface area (Å²) in [5.74, 6) is -0.689. The van der Waals surface area contributed by atoms with Crippen molar-refractivity contribution >= 4 is 18.4 Å². The van der Waals surface area contributed by atoms with Crippen molar-refractivity contribution in [1.82, 2.24) is 4.90 Å². The van der Waals surface area contributed by atoms with Crippen molar-refractivity contribution in [2.45, 2.75) is 51.0 Å². The van der Waals surface area contributed by atoms with Crippen LogP contribution in [-0.2, 0) is 4.79 Å². The Morgan fingerprint density at radius 3 is 2.27 bits per heavy atom. The van der Waals surface area contributed by atoms with E-state index in [1.165, 1.54) is 38.5 Å². The SMILES string of the molecule is CN(CCC(=O)O)C1CCCCCC1.Cl. The van der Waals surface area contributed by atoms with Gasteiger partial charge in [-0.1, -0.05) is 25.7 Å². The number of hydrogen-bond donors (Lipinski definition) is 1. The summed E-state index contributed by atoms with van der Waals surface area (Å²) in [5, 5.41) is 8.59. The molecule has 0 amide bonds. The molecule has 1 saturated carbocycles. The maximum atomic E-state index is 10.4. The fraction of sp³-hybridized carbons (Fsp3) is 0.909. The number of nitrogens with zero attached hydrogens (tertiary/aromatic N) is 1. The van der Waals surface area contributed by atoms with Crippen molar-refractivity contribution < 1.29 is 9.90 Å². The van der Waals surface area contributed by atoms with Gasteiger partial charge in [-0.3, -0.25) is 4.79 Å². The van der Waals surface area contributed by atoms with E-state index in [2.05, 4.69) is 11.9 Å². The van der Waals surface area contributed by atoms with Crippen LogP contribution in [0.1, 0.15) is 44.9 Å². The zero-order chi connectivity index (χ0) is 10.4. The number of carboxylic acids is 1. The molecule has 0 aromatic rings. The van der Waals surface area contributed by atoms with Crippen LogP contribution in [0.15, 0.2) is 0 Å². The van der Waals surface area contributed by atoms with E-state index in [0.717, 1.165) is 0 Å². The van der Waals surface area contributed by atoms with Gasteiger partial charge in [-0.2, -0.15) is 0 Å². The predicted molar refractivity (Wildman–Crippen MR) is 63.6 cm³/mol. The Labute approximate surface area is 98.3 Å². The third kappa shape index (κ3) is 6.00. The highest BCUT2D eigenvalue weighted by atomic mass is 35.5. The van der Waals surface area contributed by atoms with Crippen LogP contribution in [0, 0.1) is 0 Å². The molecule has 0 saturated heterocycles. The third-order valence-corrected chi connectivity index (χ3v) is 3.13. The van der Waals surface area contributed by atoms with E-state index in [1.54, 1.807) is 0 Å². The Kier molecular flexibility index (Phi) is 7.79. The summed E-state index contributed by atoms with van der Waals surface area (Å²) >= 11 is 0. The summed E-state index contributed by atoms with van der Waals surface area (Å²) in [6.45, 7) is 0.694. The highest BCUT2D eigenvalue weighted by Gasteiger charge is 2.16. The van der Waals surface area contributed by atoms with Crippen molar-refractivity contribution in [3.63, 3.8) is 0 Å². The Balaban J connectivity index is 0.00000196. The third-order valence-electron chi connectivity index (χ3n) is 3.13. The Hall–Kier alpha value is -0.280. The van der Waals surface area contributed by atoms with E-state index < -0.39 is 5.97 Å².